The van der Waals surface area contributed by atoms with Gasteiger partial charge in [-0.25, -0.2) is 9.97 Å². The van der Waals surface area contributed by atoms with Crippen molar-refractivity contribution < 1.29 is 4.79 Å². The summed E-state index contributed by atoms with van der Waals surface area (Å²) in [4.78, 5) is 24.0. The lowest BCUT2D eigenvalue weighted by Crippen LogP contribution is -2.53. The van der Waals surface area contributed by atoms with E-state index >= 15 is 0 Å². The van der Waals surface area contributed by atoms with Crippen LogP contribution >= 0.6 is 0 Å². The summed E-state index contributed by atoms with van der Waals surface area (Å²) in [5, 5.41) is 3.17. The second kappa shape index (κ2) is 5.71. The van der Waals surface area contributed by atoms with Crippen molar-refractivity contribution in [1.29, 1.82) is 0 Å². The van der Waals surface area contributed by atoms with Crippen molar-refractivity contribution in [2.24, 2.45) is 23.2 Å². The Morgan fingerprint density at radius 3 is 2.29 bits per heavy atom. The van der Waals surface area contributed by atoms with Crippen LogP contribution in [0, 0.1) is 30.1 Å². The monoisotopic (exact) mass is 328 g/mol. The number of amides is 1. The molecule has 130 valence electrons. The Balaban J connectivity index is 1.46. The number of carbonyl (C=O) groups excluding carboxylic acids is 1. The van der Waals surface area contributed by atoms with Gasteiger partial charge in [0.2, 0.25) is 5.91 Å². The Hall–Kier alpha value is -1.65. The van der Waals surface area contributed by atoms with Crippen molar-refractivity contribution in [3.05, 3.63) is 17.6 Å². The standard InChI is InChI=1S/C19H28N4O/c1-12-4-17(23(2)3)22-16(21-12)11-20-18(24)19-8-13-5-14(9-19)7-15(6-13)10-19/h4,13-15H,5-11H2,1-3H3,(H,20,24). The number of aryl methyl sites for hydroxylation is 1. The van der Waals surface area contributed by atoms with Gasteiger partial charge in [-0.05, 0) is 63.2 Å². The molecule has 4 aliphatic carbocycles. The highest BCUT2D eigenvalue weighted by atomic mass is 16.2. The van der Waals surface area contributed by atoms with Crippen LogP contribution in [-0.2, 0) is 11.3 Å². The number of nitrogens with one attached hydrogen (secondary N) is 1. The van der Waals surface area contributed by atoms with E-state index < -0.39 is 0 Å². The van der Waals surface area contributed by atoms with Crippen LogP contribution < -0.4 is 10.2 Å². The first-order valence-electron chi connectivity index (χ1n) is 9.24. The average molecular weight is 328 g/mol. The van der Waals surface area contributed by atoms with Gasteiger partial charge < -0.3 is 10.2 Å². The number of aromatic nitrogens is 2. The van der Waals surface area contributed by atoms with Crippen molar-refractivity contribution >= 4 is 11.7 Å². The van der Waals surface area contributed by atoms with E-state index in [-0.39, 0.29) is 11.3 Å². The van der Waals surface area contributed by atoms with Gasteiger partial charge in [0.15, 0.2) is 0 Å². The fourth-order valence-electron chi connectivity index (χ4n) is 5.66. The number of carbonyl (C=O) groups is 1. The van der Waals surface area contributed by atoms with Crippen LogP contribution in [0.3, 0.4) is 0 Å². The molecule has 1 amide bonds. The van der Waals surface area contributed by atoms with Gasteiger partial charge in [-0.15, -0.1) is 0 Å². The Labute approximate surface area is 144 Å². The lowest BCUT2D eigenvalue weighted by atomic mass is 9.49. The van der Waals surface area contributed by atoms with Crippen LogP contribution in [0.2, 0.25) is 0 Å². The van der Waals surface area contributed by atoms with Gasteiger partial charge in [0.25, 0.3) is 0 Å². The highest BCUT2D eigenvalue weighted by Gasteiger charge is 2.54. The third-order valence-corrected chi connectivity index (χ3v) is 6.27. The molecular weight excluding hydrogens is 300 g/mol. The first-order chi connectivity index (χ1) is 11.4. The SMILES string of the molecule is Cc1cc(N(C)C)nc(CNC(=O)C23CC4CC(CC(C4)C2)C3)n1. The van der Waals surface area contributed by atoms with E-state index in [4.69, 9.17) is 0 Å². The molecular formula is C19H28N4O. The molecule has 0 atom stereocenters. The van der Waals surface area contributed by atoms with Crippen LogP contribution in [0.5, 0.6) is 0 Å². The first-order valence-corrected chi connectivity index (χ1v) is 9.24. The maximum absolute atomic E-state index is 13.0. The predicted octanol–water partition coefficient (Wildman–Crippen LogP) is 2.68. The largest absolute Gasteiger partial charge is 0.363 e. The van der Waals surface area contributed by atoms with E-state index in [0.29, 0.717) is 12.4 Å². The summed E-state index contributed by atoms with van der Waals surface area (Å²) in [7, 11) is 3.94. The van der Waals surface area contributed by atoms with Crippen molar-refractivity contribution in [2.75, 3.05) is 19.0 Å². The molecule has 0 unspecified atom stereocenters. The summed E-state index contributed by atoms with van der Waals surface area (Å²) < 4.78 is 0. The second-order valence-corrected chi connectivity index (χ2v) is 8.56. The highest BCUT2D eigenvalue weighted by molar-refractivity contribution is 5.83. The smallest absolute Gasteiger partial charge is 0.226 e. The van der Waals surface area contributed by atoms with Crippen LogP contribution in [-0.4, -0.2) is 30.0 Å². The summed E-state index contributed by atoms with van der Waals surface area (Å²) in [6.07, 6.45) is 7.38. The molecule has 1 aromatic rings. The molecule has 4 aliphatic rings. The minimum Gasteiger partial charge on any atom is -0.363 e. The third-order valence-electron chi connectivity index (χ3n) is 6.27. The summed E-state index contributed by atoms with van der Waals surface area (Å²) in [6.45, 7) is 2.40. The minimum atomic E-state index is -0.0943. The fourth-order valence-corrected chi connectivity index (χ4v) is 5.66. The maximum atomic E-state index is 13.0. The number of hydrogen-bond donors (Lipinski definition) is 1. The van der Waals surface area contributed by atoms with Gasteiger partial charge in [0, 0.05) is 31.3 Å². The summed E-state index contributed by atoms with van der Waals surface area (Å²) >= 11 is 0. The third kappa shape index (κ3) is 2.78. The molecule has 24 heavy (non-hydrogen) atoms. The zero-order chi connectivity index (χ0) is 16.9. The molecule has 1 N–H and O–H groups in total. The van der Waals surface area contributed by atoms with Crippen molar-refractivity contribution in [2.45, 2.75) is 52.0 Å². The number of anilines is 1. The van der Waals surface area contributed by atoms with E-state index in [1.54, 1.807) is 0 Å². The van der Waals surface area contributed by atoms with E-state index in [9.17, 15) is 4.79 Å². The maximum Gasteiger partial charge on any atom is 0.226 e. The Morgan fingerprint density at radius 1 is 1.17 bits per heavy atom. The molecule has 0 aliphatic heterocycles. The number of rotatable bonds is 4. The Bertz CT molecular complexity index is 619. The van der Waals surface area contributed by atoms with Gasteiger partial charge in [0.05, 0.1) is 6.54 Å². The van der Waals surface area contributed by atoms with Gasteiger partial charge in [0.1, 0.15) is 11.6 Å². The highest BCUT2D eigenvalue weighted by Crippen LogP contribution is 2.60. The predicted molar refractivity (Wildman–Crippen MR) is 93.5 cm³/mol. The van der Waals surface area contributed by atoms with Crippen molar-refractivity contribution in [3.8, 4) is 0 Å². The topological polar surface area (TPSA) is 58.1 Å². The van der Waals surface area contributed by atoms with E-state index in [1.807, 2.05) is 32.0 Å². The minimum absolute atomic E-state index is 0.0943. The van der Waals surface area contributed by atoms with Crippen LogP contribution in [0.25, 0.3) is 0 Å². The van der Waals surface area contributed by atoms with Crippen LogP contribution in [0.4, 0.5) is 5.82 Å². The molecule has 4 bridgehead atoms. The molecule has 0 aromatic carbocycles. The Kier molecular flexibility index (Phi) is 3.77. The van der Waals surface area contributed by atoms with Crippen LogP contribution in [0.1, 0.15) is 50.0 Å². The normalized spacial score (nSPS) is 33.5. The Morgan fingerprint density at radius 2 is 1.75 bits per heavy atom. The molecule has 5 heteroatoms. The quantitative estimate of drug-likeness (QED) is 0.923. The van der Waals surface area contributed by atoms with E-state index in [2.05, 4.69) is 15.3 Å². The van der Waals surface area contributed by atoms with Crippen molar-refractivity contribution in [1.82, 2.24) is 15.3 Å². The van der Waals surface area contributed by atoms with E-state index in [0.717, 1.165) is 48.5 Å². The van der Waals surface area contributed by atoms with Gasteiger partial charge in [-0.1, -0.05) is 0 Å². The number of nitrogens with zero attached hydrogens (tertiary/aromatic N) is 3. The molecule has 0 radical (unpaired) electrons. The molecule has 1 heterocycles. The van der Waals surface area contributed by atoms with Gasteiger partial charge in [-0.2, -0.15) is 0 Å². The first kappa shape index (κ1) is 15.9. The lowest BCUT2D eigenvalue weighted by Gasteiger charge is -2.55. The molecule has 1 aromatic heterocycles. The molecule has 5 rings (SSSR count). The van der Waals surface area contributed by atoms with Crippen LogP contribution in [0.15, 0.2) is 6.07 Å². The summed E-state index contributed by atoms with van der Waals surface area (Å²) in [5.74, 6) is 4.21. The zero-order valence-electron chi connectivity index (χ0n) is 15.0. The molecule has 4 fully saturated rings. The van der Waals surface area contributed by atoms with E-state index in [1.165, 1.54) is 19.3 Å². The van der Waals surface area contributed by atoms with Gasteiger partial charge in [-0.3, -0.25) is 4.79 Å². The fraction of sp³-hybridized carbons (Fsp3) is 0.737. The molecule has 0 saturated heterocycles. The molecule has 5 nitrogen and oxygen atoms in total. The number of hydrogen-bond acceptors (Lipinski definition) is 4. The summed E-state index contributed by atoms with van der Waals surface area (Å²) in [5.41, 5.74) is 0.843. The molecule has 4 saturated carbocycles. The van der Waals surface area contributed by atoms with Gasteiger partial charge >= 0.3 is 0 Å². The average Bonchev–Trinajstić information content (AvgIpc) is 2.50. The lowest BCUT2D eigenvalue weighted by molar-refractivity contribution is -0.146. The summed E-state index contributed by atoms with van der Waals surface area (Å²) in [6, 6.07) is 1.96. The second-order valence-electron chi connectivity index (χ2n) is 8.56. The van der Waals surface area contributed by atoms with Crippen molar-refractivity contribution in [3.63, 3.8) is 0 Å². The zero-order valence-corrected chi connectivity index (χ0v) is 15.0. The molecule has 0 spiro atoms.